The van der Waals surface area contributed by atoms with Crippen LogP contribution in [0, 0.1) is 23.7 Å². The first-order chi connectivity index (χ1) is 14.6. The van der Waals surface area contributed by atoms with E-state index >= 15 is 0 Å². The Bertz CT molecular complexity index is 908. The van der Waals surface area contributed by atoms with Crippen LogP contribution in [0.2, 0.25) is 0 Å². The van der Waals surface area contributed by atoms with Crippen molar-refractivity contribution in [2.75, 3.05) is 6.54 Å². The standard InChI is InChI=1S/C24H30N2O4/c27-22(30-23-16-8-14-7-15(10-16)11-17(23)9-14)5-6-25-21(24(28)29)12-18-13-26-20-4-2-1-3-19(18)20/h1-4,13-17,21,23,25-26H,5-12H2,(H,28,29)/t14?,15?,16?,17?,21-,23?/m1/s1. The molecule has 4 bridgehead atoms. The minimum Gasteiger partial charge on any atom is -0.480 e. The third-order valence-electron chi connectivity index (χ3n) is 7.52. The van der Waals surface area contributed by atoms with Gasteiger partial charge in [-0.2, -0.15) is 0 Å². The molecule has 3 N–H and O–H groups in total. The number of esters is 1. The largest absolute Gasteiger partial charge is 0.480 e. The zero-order valence-electron chi connectivity index (χ0n) is 17.2. The normalized spacial score (nSPS) is 30.5. The summed E-state index contributed by atoms with van der Waals surface area (Å²) in [6, 6.07) is 7.12. The number of para-hydroxylation sites is 1. The number of ether oxygens (including phenoxy) is 1. The fourth-order valence-electron chi connectivity index (χ4n) is 6.39. The SMILES string of the molecule is O=C(CCN[C@H](Cc1c[nH]c2ccccc12)C(=O)O)OC1C2CC3CC(C2)CC1C3. The topological polar surface area (TPSA) is 91.4 Å². The lowest BCUT2D eigenvalue weighted by Gasteiger charge is -2.53. The second-order valence-corrected chi connectivity index (χ2v) is 9.54. The van der Waals surface area contributed by atoms with E-state index in [4.69, 9.17) is 4.74 Å². The molecule has 1 heterocycles. The molecule has 6 rings (SSSR count). The third-order valence-corrected chi connectivity index (χ3v) is 7.52. The van der Waals surface area contributed by atoms with Crippen LogP contribution in [0.25, 0.3) is 10.9 Å². The highest BCUT2D eigenvalue weighted by atomic mass is 16.5. The molecule has 30 heavy (non-hydrogen) atoms. The molecular formula is C24H30N2O4. The Morgan fingerprint density at radius 3 is 2.50 bits per heavy atom. The fraction of sp³-hybridized carbons (Fsp3) is 0.583. The number of aromatic amines is 1. The van der Waals surface area contributed by atoms with E-state index < -0.39 is 12.0 Å². The van der Waals surface area contributed by atoms with Crippen LogP contribution in [-0.4, -0.2) is 40.7 Å². The summed E-state index contributed by atoms with van der Waals surface area (Å²) in [5.74, 6) is 1.69. The van der Waals surface area contributed by atoms with Gasteiger partial charge < -0.3 is 20.1 Å². The number of carboxylic acid groups (broad SMARTS) is 1. The first-order valence-corrected chi connectivity index (χ1v) is 11.3. The lowest BCUT2D eigenvalue weighted by Crippen LogP contribution is -2.50. The zero-order valence-corrected chi connectivity index (χ0v) is 17.2. The minimum absolute atomic E-state index is 0.0896. The van der Waals surface area contributed by atoms with Crippen LogP contribution in [0.1, 0.15) is 44.1 Å². The summed E-state index contributed by atoms with van der Waals surface area (Å²) in [4.78, 5) is 27.4. The van der Waals surface area contributed by atoms with Crippen molar-refractivity contribution in [3.63, 3.8) is 0 Å². The van der Waals surface area contributed by atoms with Crippen LogP contribution in [-0.2, 0) is 20.7 Å². The average molecular weight is 411 g/mol. The number of rotatable bonds is 8. The van der Waals surface area contributed by atoms with E-state index in [-0.39, 0.29) is 18.5 Å². The molecule has 0 radical (unpaired) electrons. The molecule has 4 aliphatic carbocycles. The Balaban J connectivity index is 1.13. The van der Waals surface area contributed by atoms with Gasteiger partial charge in [0.05, 0.1) is 6.42 Å². The second-order valence-electron chi connectivity index (χ2n) is 9.54. The predicted octanol–water partition coefficient (Wildman–Crippen LogP) is 3.51. The molecule has 4 saturated carbocycles. The van der Waals surface area contributed by atoms with E-state index in [9.17, 15) is 14.7 Å². The van der Waals surface area contributed by atoms with Gasteiger partial charge in [-0.15, -0.1) is 0 Å². The van der Waals surface area contributed by atoms with Gasteiger partial charge in [-0.25, -0.2) is 0 Å². The molecule has 0 unspecified atom stereocenters. The molecule has 6 heteroatoms. The summed E-state index contributed by atoms with van der Waals surface area (Å²) in [6.45, 7) is 0.311. The maximum absolute atomic E-state index is 12.5. The van der Waals surface area contributed by atoms with Gasteiger partial charge in [-0.3, -0.25) is 9.59 Å². The van der Waals surface area contributed by atoms with Crippen molar-refractivity contribution in [3.8, 4) is 0 Å². The summed E-state index contributed by atoms with van der Waals surface area (Å²) < 4.78 is 5.90. The summed E-state index contributed by atoms with van der Waals surface area (Å²) >= 11 is 0. The highest BCUT2D eigenvalue weighted by molar-refractivity contribution is 5.84. The van der Waals surface area contributed by atoms with Crippen molar-refractivity contribution >= 4 is 22.8 Å². The van der Waals surface area contributed by atoms with Crippen LogP contribution in [0.5, 0.6) is 0 Å². The molecule has 0 spiro atoms. The van der Waals surface area contributed by atoms with E-state index in [2.05, 4.69) is 10.3 Å². The molecule has 4 aliphatic rings. The second kappa shape index (κ2) is 8.06. The minimum atomic E-state index is -0.908. The third kappa shape index (κ3) is 3.85. The monoisotopic (exact) mass is 410 g/mol. The molecule has 4 fully saturated rings. The van der Waals surface area contributed by atoms with E-state index in [0.717, 1.165) is 28.3 Å². The number of hydrogen-bond donors (Lipinski definition) is 3. The van der Waals surface area contributed by atoms with Crippen molar-refractivity contribution in [1.29, 1.82) is 0 Å². The summed E-state index contributed by atoms with van der Waals surface area (Å²) in [5.41, 5.74) is 1.96. The number of benzene rings is 1. The Morgan fingerprint density at radius 1 is 1.10 bits per heavy atom. The smallest absolute Gasteiger partial charge is 0.321 e. The molecular weight excluding hydrogens is 380 g/mol. The predicted molar refractivity (Wildman–Crippen MR) is 113 cm³/mol. The van der Waals surface area contributed by atoms with E-state index in [0.29, 0.717) is 24.8 Å². The highest BCUT2D eigenvalue weighted by Gasteiger charge is 2.49. The van der Waals surface area contributed by atoms with Gasteiger partial charge in [0.1, 0.15) is 12.1 Å². The first kappa shape index (κ1) is 19.6. The number of aliphatic carboxylic acids is 1. The van der Waals surface area contributed by atoms with Crippen LogP contribution in [0.3, 0.4) is 0 Å². The molecule has 1 atom stereocenters. The first-order valence-electron chi connectivity index (χ1n) is 11.3. The number of carboxylic acids is 1. The van der Waals surface area contributed by atoms with Crippen LogP contribution in [0.4, 0.5) is 0 Å². The summed E-state index contributed by atoms with van der Waals surface area (Å²) in [5, 5.41) is 13.7. The van der Waals surface area contributed by atoms with E-state index in [1.165, 1.54) is 32.1 Å². The number of carbonyl (C=O) groups excluding carboxylic acids is 1. The van der Waals surface area contributed by atoms with Crippen molar-refractivity contribution in [1.82, 2.24) is 10.3 Å². The van der Waals surface area contributed by atoms with Gasteiger partial charge in [-0.05, 0) is 67.4 Å². The lowest BCUT2D eigenvalue weighted by molar-refractivity contribution is -0.170. The summed E-state index contributed by atoms with van der Waals surface area (Å²) in [6.07, 6.45) is 8.78. The van der Waals surface area contributed by atoms with Gasteiger partial charge >= 0.3 is 11.9 Å². The van der Waals surface area contributed by atoms with E-state index in [1.54, 1.807) is 0 Å². The molecule has 160 valence electrons. The molecule has 0 aliphatic heterocycles. The molecule has 2 aromatic rings. The van der Waals surface area contributed by atoms with Crippen LogP contribution >= 0.6 is 0 Å². The number of nitrogens with one attached hydrogen (secondary N) is 2. The van der Waals surface area contributed by atoms with Crippen molar-refractivity contribution in [2.24, 2.45) is 23.7 Å². The number of carbonyl (C=O) groups is 2. The van der Waals surface area contributed by atoms with E-state index in [1.807, 2.05) is 30.5 Å². The zero-order chi connectivity index (χ0) is 20.7. The maximum Gasteiger partial charge on any atom is 0.321 e. The Kier molecular flexibility index (Phi) is 5.27. The van der Waals surface area contributed by atoms with Gasteiger partial charge in [0.2, 0.25) is 0 Å². The maximum atomic E-state index is 12.5. The van der Waals surface area contributed by atoms with Crippen LogP contribution < -0.4 is 5.32 Å². The molecule has 0 amide bonds. The number of fused-ring (bicyclic) bond motifs is 1. The van der Waals surface area contributed by atoms with Crippen molar-refractivity contribution in [3.05, 3.63) is 36.0 Å². The lowest BCUT2D eigenvalue weighted by atomic mass is 9.55. The molecule has 1 aromatic carbocycles. The number of aromatic nitrogens is 1. The fourth-order valence-corrected chi connectivity index (χ4v) is 6.39. The average Bonchev–Trinajstić information content (AvgIpc) is 3.12. The van der Waals surface area contributed by atoms with Crippen molar-refractivity contribution < 1.29 is 19.4 Å². The number of hydrogen-bond acceptors (Lipinski definition) is 4. The summed E-state index contributed by atoms with van der Waals surface area (Å²) in [7, 11) is 0. The molecule has 6 nitrogen and oxygen atoms in total. The quantitative estimate of drug-likeness (QED) is 0.579. The van der Waals surface area contributed by atoms with Crippen LogP contribution in [0.15, 0.2) is 30.5 Å². The van der Waals surface area contributed by atoms with Crippen molar-refractivity contribution in [2.45, 2.75) is 57.1 Å². The Hall–Kier alpha value is -2.34. The van der Waals surface area contributed by atoms with Gasteiger partial charge in [0, 0.05) is 30.1 Å². The Morgan fingerprint density at radius 2 is 1.80 bits per heavy atom. The van der Waals surface area contributed by atoms with Gasteiger partial charge in [0.25, 0.3) is 0 Å². The Labute approximate surface area is 176 Å². The molecule has 1 aromatic heterocycles. The molecule has 0 saturated heterocycles. The van der Waals surface area contributed by atoms with Gasteiger partial charge in [0.15, 0.2) is 0 Å². The highest BCUT2D eigenvalue weighted by Crippen LogP contribution is 2.54. The number of H-pyrrole nitrogens is 1. The van der Waals surface area contributed by atoms with Gasteiger partial charge in [-0.1, -0.05) is 18.2 Å².